The molecule has 0 aromatic heterocycles. The van der Waals surface area contributed by atoms with Crippen LogP contribution in [-0.2, 0) is 19.1 Å². The molecule has 0 aromatic rings. The molecule has 120 valence electrons. The molecular weight excluding hydrogens is 272 g/mol. The van der Waals surface area contributed by atoms with Crippen molar-refractivity contribution in [2.24, 2.45) is 17.1 Å². The Morgan fingerprint density at radius 3 is 2.62 bits per heavy atom. The molecule has 21 heavy (non-hydrogen) atoms. The highest BCUT2D eigenvalue weighted by Crippen LogP contribution is 2.31. The molecule has 1 saturated heterocycles. The number of carbonyl (C=O) groups is 3. The number of Topliss-reactive ketones (excluding diaryl/α,β-unsaturated/α-hetero) is 1. The van der Waals surface area contributed by atoms with Gasteiger partial charge in [0.25, 0.3) is 0 Å². The molecule has 2 amide bonds. The Labute approximate surface area is 125 Å². The first-order valence-electron chi connectivity index (χ1n) is 7.42. The van der Waals surface area contributed by atoms with Gasteiger partial charge in [0.2, 0.25) is 11.8 Å². The van der Waals surface area contributed by atoms with Crippen molar-refractivity contribution in [2.45, 2.75) is 59.1 Å². The lowest BCUT2D eigenvalue weighted by Crippen LogP contribution is -2.45. The van der Waals surface area contributed by atoms with Crippen LogP contribution < -0.4 is 11.1 Å². The molecular formula is C15H26N2O4. The van der Waals surface area contributed by atoms with Crippen LogP contribution in [-0.4, -0.2) is 36.4 Å². The van der Waals surface area contributed by atoms with Crippen LogP contribution >= 0.6 is 0 Å². The van der Waals surface area contributed by atoms with E-state index in [1.165, 1.54) is 0 Å². The average Bonchev–Trinajstić information content (AvgIpc) is 2.76. The highest BCUT2D eigenvalue weighted by Gasteiger charge is 2.36. The second-order valence-electron chi connectivity index (χ2n) is 6.38. The summed E-state index contributed by atoms with van der Waals surface area (Å²) in [7, 11) is 0. The zero-order valence-electron chi connectivity index (χ0n) is 13.3. The number of nitrogens with two attached hydrogens (primary N) is 1. The van der Waals surface area contributed by atoms with Gasteiger partial charge in [0, 0.05) is 12.3 Å². The van der Waals surface area contributed by atoms with E-state index in [0.717, 1.165) is 0 Å². The van der Waals surface area contributed by atoms with Crippen molar-refractivity contribution in [2.75, 3.05) is 6.61 Å². The van der Waals surface area contributed by atoms with E-state index in [4.69, 9.17) is 10.5 Å². The number of ether oxygens (including phenoxy) is 1. The number of hydrogen-bond donors (Lipinski definition) is 2. The molecule has 0 saturated carbocycles. The van der Waals surface area contributed by atoms with Gasteiger partial charge in [-0.2, -0.15) is 0 Å². The monoisotopic (exact) mass is 298 g/mol. The van der Waals surface area contributed by atoms with Gasteiger partial charge in [-0.15, -0.1) is 0 Å². The lowest BCUT2D eigenvalue weighted by Gasteiger charge is -2.29. The van der Waals surface area contributed by atoms with Gasteiger partial charge in [0.1, 0.15) is 12.6 Å². The summed E-state index contributed by atoms with van der Waals surface area (Å²) in [4.78, 5) is 34.9. The van der Waals surface area contributed by atoms with Crippen molar-refractivity contribution in [1.82, 2.24) is 5.32 Å². The fourth-order valence-corrected chi connectivity index (χ4v) is 2.39. The summed E-state index contributed by atoms with van der Waals surface area (Å²) in [6.07, 6.45) is 1.23. The highest BCUT2D eigenvalue weighted by molar-refractivity contribution is 5.91. The van der Waals surface area contributed by atoms with Gasteiger partial charge < -0.3 is 15.8 Å². The molecule has 0 spiro atoms. The van der Waals surface area contributed by atoms with Crippen molar-refractivity contribution < 1.29 is 19.1 Å². The fraction of sp³-hybridized carbons (Fsp3) is 0.800. The fourth-order valence-electron chi connectivity index (χ4n) is 2.39. The number of primary amides is 1. The molecule has 0 radical (unpaired) electrons. The molecule has 0 aliphatic carbocycles. The molecule has 1 heterocycles. The summed E-state index contributed by atoms with van der Waals surface area (Å²) in [6.45, 7) is 7.57. The highest BCUT2D eigenvalue weighted by atomic mass is 16.5. The summed E-state index contributed by atoms with van der Waals surface area (Å²) in [6, 6.07) is -0.542. The van der Waals surface area contributed by atoms with Gasteiger partial charge >= 0.3 is 0 Å². The summed E-state index contributed by atoms with van der Waals surface area (Å²) >= 11 is 0. The van der Waals surface area contributed by atoms with Crippen LogP contribution in [0.25, 0.3) is 0 Å². The molecule has 1 aliphatic heterocycles. The Balaban J connectivity index is 2.51. The van der Waals surface area contributed by atoms with Crippen molar-refractivity contribution in [3.8, 4) is 0 Å². The molecule has 6 nitrogen and oxygen atoms in total. The first-order chi connectivity index (χ1) is 9.69. The number of nitrogens with one attached hydrogen (secondary N) is 1. The predicted molar refractivity (Wildman–Crippen MR) is 78.3 cm³/mol. The van der Waals surface area contributed by atoms with Gasteiger partial charge in [0.15, 0.2) is 5.78 Å². The molecule has 1 fully saturated rings. The van der Waals surface area contributed by atoms with Gasteiger partial charge in [0.05, 0.1) is 6.10 Å². The van der Waals surface area contributed by atoms with E-state index < -0.39 is 6.04 Å². The Morgan fingerprint density at radius 1 is 1.48 bits per heavy atom. The van der Waals surface area contributed by atoms with Crippen molar-refractivity contribution in [3.63, 3.8) is 0 Å². The zero-order valence-corrected chi connectivity index (χ0v) is 13.3. The van der Waals surface area contributed by atoms with E-state index in [-0.39, 0.29) is 48.1 Å². The van der Waals surface area contributed by atoms with E-state index in [0.29, 0.717) is 12.8 Å². The largest absolute Gasteiger partial charge is 0.369 e. The second-order valence-corrected chi connectivity index (χ2v) is 6.38. The van der Waals surface area contributed by atoms with E-state index in [1.54, 1.807) is 6.92 Å². The number of amides is 2. The first-order valence-corrected chi connectivity index (χ1v) is 7.42. The quantitative estimate of drug-likeness (QED) is 0.725. The van der Waals surface area contributed by atoms with Crippen LogP contribution in [0.15, 0.2) is 0 Å². The Kier molecular flexibility index (Phi) is 5.89. The van der Waals surface area contributed by atoms with Crippen LogP contribution in [0.1, 0.15) is 47.0 Å². The van der Waals surface area contributed by atoms with Crippen LogP contribution in [0.2, 0.25) is 0 Å². The lowest BCUT2D eigenvalue weighted by atomic mass is 9.76. The molecule has 0 bridgehead atoms. The SMILES string of the molecule is CCC1OCC(=O)C1NC(=O)CCC(C)(C)C(C)C(N)=O. The van der Waals surface area contributed by atoms with Crippen LogP contribution in [0.3, 0.4) is 0 Å². The lowest BCUT2D eigenvalue weighted by molar-refractivity contribution is -0.128. The molecule has 3 N–H and O–H groups in total. The van der Waals surface area contributed by atoms with E-state index >= 15 is 0 Å². The molecule has 1 rings (SSSR count). The van der Waals surface area contributed by atoms with Gasteiger partial charge in [-0.25, -0.2) is 0 Å². The van der Waals surface area contributed by atoms with Gasteiger partial charge in [-0.05, 0) is 18.3 Å². The zero-order chi connectivity index (χ0) is 16.2. The van der Waals surface area contributed by atoms with E-state index in [1.807, 2.05) is 20.8 Å². The smallest absolute Gasteiger partial charge is 0.220 e. The minimum Gasteiger partial charge on any atom is -0.369 e. The summed E-state index contributed by atoms with van der Waals surface area (Å²) in [5.74, 6) is -0.960. The van der Waals surface area contributed by atoms with E-state index in [9.17, 15) is 14.4 Å². The van der Waals surface area contributed by atoms with E-state index in [2.05, 4.69) is 5.32 Å². The number of rotatable bonds is 7. The Hall–Kier alpha value is -1.43. The standard InChI is InChI=1S/C15H26N2O4/c1-5-11-13(10(18)8-21-11)17-12(19)6-7-15(3,4)9(2)14(16)20/h9,11,13H,5-8H2,1-4H3,(H2,16,20)(H,17,19). The maximum atomic E-state index is 12.0. The van der Waals surface area contributed by atoms with Crippen LogP contribution in [0.4, 0.5) is 0 Å². The number of hydrogen-bond acceptors (Lipinski definition) is 4. The molecule has 3 unspecified atom stereocenters. The average molecular weight is 298 g/mol. The Bertz CT molecular complexity index is 420. The Morgan fingerprint density at radius 2 is 2.10 bits per heavy atom. The molecule has 1 aliphatic rings. The van der Waals surface area contributed by atoms with Gasteiger partial charge in [-0.1, -0.05) is 27.7 Å². The maximum Gasteiger partial charge on any atom is 0.220 e. The van der Waals surface area contributed by atoms with Crippen molar-refractivity contribution in [1.29, 1.82) is 0 Å². The third-order valence-corrected chi connectivity index (χ3v) is 4.47. The molecule has 6 heteroatoms. The third-order valence-electron chi connectivity index (χ3n) is 4.47. The van der Waals surface area contributed by atoms with Crippen LogP contribution in [0, 0.1) is 11.3 Å². The topological polar surface area (TPSA) is 98.5 Å². The van der Waals surface area contributed by atoms with Crippen molar-refractivity contribution in [3.05, 3.63) is 0 Å². The van der Waals surface area contributed by atoms with Gasteiger partial charge in [-0.3, -0.25) is 14.4 Å². The summed E-state index contributed by atoms with van der Waals surface area (Å²) < 4.78 is 5.32. The first kappa shape index (κ1) is 17.6. The maximum absolute atomic E-state index is 12.0. The minimum atomic E-state index is -0.542. The summed E-state index contributed by atoms with van der Waals surface area (Å²) in [5.41, 5.74) is 4.96. The third kappa shape index (κ3) is 4.52. The number of ketones is 1. The number of carbonyl (C=O) groups excluding carboxylic acids is 3. The van der Waals surface area contributed by atoms with Crippen molar-refractivity contribution >= 4 is 17.6 Å². The normalized spacial score (nSPS) is 23.9. The molecule has 0 aromatic carbocycles. The second kappa shape index (κ2) is 7.02. The van der Waals surface area contributed by atoms with Crippen LogP contribution in [0.5, 0.6) is 0 Å². The summed E-state index contributed by atoms with van der Waals surface area (Å²) in [5, 5.41) is 2.74. The minimum absolute atomic E-state index is 0.0632. The predicted octanol–water partition coefficient (Wildman–Crippen LogP) is 0.777. The molecule has 3 atom stereocenters.